The summed E-state index contributed by atoms with van der Waals surface area (Å²) < 4.78 is 64.2. The minimum Gasteiger partial charge on any atom is -0.443 e. The molecule has 1 aromatic heterocycles. The average Bonchev–Trinajstić information content (AvgIpc) is 3.16. The molecule has 6 nitrogen and oxygen atoms in total. The van der Waals surface area contributed by atoms with Crippen molar-refractivity contribution in [1.29, 1.82) is 0 Å². The number of rotatable bonds is 3. The van der Waals surface area contributed by atoms with E-state index in [-0.39, 0.29) is 22.8 Å². The number of ether oxygens (including phenoxy) is 1. The highest BCUT2D eigenvalue weighted by molar-refractivity contribution is 14.1. The molecular weight excluding hydrogens is 559 g/mol. The van der Waals surface area contributed by atoms with E-state index >= 15 is 0 Å². The molecule has 0 saturated carbocycles. The number of hydrogen-bond donors (Lipinski definition) is 0. The van der Waals surface area contributed by atoms with E-state index in [1.165, 1.54) is 12.1 Å². The maximum absolute atomic E-state index is 13.6. The summed E-state index contributed by atoms with van der Waals surface area (Å²) >= 11 is 2.05. The molecule has 0 atom stereocenters. The van der Waals surface area contributed by atoms with E-state index < -0.39 is 35.2 Å². The van der Waals surface area contributed by atoms with Crippen molar-refractivity contribution in [3.8, 4) is 11.5 Å². The maximum Gasteiger partial charge on any atom is 0.423 e. The second kappa shape index (κ2) is 9.12. The van der Waals surface area contributed by atoms with Crippen LogP contribution < -0.4 is 4.90 Å². The quantitative estimate of drug-likeness (QED) is 0.257. The van der Waals surface area contributed by atoms with Gasteiger partial charge in [0, 0.05) is 14.7 Å². The van der Waals surface area contributed by atoms with Gasteiger partial charge >= 0.3 is 12.3 Å². The largest absolute Gasteiger partial charge is 0.443 e. The minimum atomic E-state index is -4.93. The molecule has 3 rings (SSSR count). The van der Waals surface area contributed by atoms with Crippen molar-refractivity contribution in [1.82, 2.24) is 4.98 Å². The van der Waals surface area contributed by atoms with E-state index in [1.807, 2.05) is 22.6 Å². The van der Waals surface area contributed by atoms with Gasteiger partial charge in [0.25, 0.3) is 5.91 Å². The van der Waals surface area contributed by atoms with Gasteiger partial charge in [-0.25, -0.2) is 9.18 Å². The fraction of sp³-hybridized carbons (Fsp3) is 0.227. The number of halogens is 5. The van der Waals surface area contributed by atoms with Crippen LogP contribution in [-0.2, 0) is 10.9 Å². The van der Waals surface area contributed by atoms with Gasteiger partial charge in [0.1, 0.15) is 17.7 Å². The van der Waals surface area contributed by atoms with E-state index in [4.69, 9.17) is 9.15 Å². The lowest BCUT2D eigenvalue weighted by Crippen LogP contribution is -2.41. The second-order valence-electron chi connectivity index (χ2n) is 7.83. The van der Waals surface area contributed by atoms with Gasteiger partial charge in [-0.1, -0.05) is 0 Å². The van der Waals surface area contributed by atoms with Gasteiger partial charge in [-0.3, -0.25) is 4.79 Å². The van der Waals surface area contributed by atoms with Gasteiger partial charge in [0.05, 0.1) is 5.56 Å². The molecule has 0 radical (unpaired) electrons. The highest BCUT2D eigenvalue weighted by atomic mass is 127. The van der Waals surface area contributed by atoms with Crippen molar-refractivity contribution in [2.45, 2.75) is 32.5 Å². The first-order valence-corrected chi connectivity index (χ1v) is 10.5. The first-order valence-electron chi connectivity index (χ1n) is 9.42. The van der Waals surface area contributed by atoms with E-state index in [1.54, 1.807) is 32.9 Å². The third kappa shape index (κ3) is 5.89. The van der Waals surface area contributed by atoms with Crippen molar-refractivity contribution in [2.24, 2.45) is 0 Å². The molecule has 33 heavy (non-hydrogen) atoms. The number of imide groups is 1. The first kappa shape index (κ1) is 24.7. The van der Waals surface area contributed by atoms with Crippen LogP contribution in [0, 0.1) is 9.39 Å². The Kier molecular flexibility index (Phi) is 6.82. The van der Waals surface area contributed by atoms with E-state index in [2.05, 4.69) is 4.98 Å². The highest BCUT2D eigenvalue weighted by Crippen LogP contribution is 2.35. The summed E-state index contributed by atoms with van der Waals surface area (Å²) in [6.45, 7) is 4.80. The Morgan fingerprint density at radius 2 is 1.70 bits per heavy atom. The van der Waals surface area contributed by atoms with Crippen LogP contribution in [0.3, 0.4) is 0 Å². The van der Waals surface area contributed by atoms with Crippen LogP contribution in [0.5, 0.6) is 0 Å². The summed E-state index contributed by atoms with van der Waals surface area (Å²) in [6.07, 6.45) is -5.06. The lowest BCUT2D eigenvalue weighted by atomic mass is 10.1. The Hall–Kier alpha value is -2.96. The number of anilines is 1. The lowest BCUT2D eigenvalue weighted by Gasteiger charge is -2.24. The molecule has 0 fully saturated rings. The van der Waals surface area contributed by atoms with Gasteiger partial charge < -0.3 is 9.15 Å². The predicted molar refractivity (Wildman–Crippen MR) is 119 cm³/mol. The van der Waals surface area contributed by atoms with Crippen molar-refractivity contribution in [2.75, 3.05) is 4.90 Å². The van der Waals surface area contributed by atoms with Crippen molar-refractivity contribution >= 4 is 40.4 Å². The van der Waals surface area contributed by atoms with Crippen LogP contribution in [0.25, 0.3) is 11.5 Å². The topological polar surface area (TPSA) is 72.6 Å². The summed E-state index contributed by atoms with van der Waals surface area (Å²) in [5.41, 5.74) is -2.50. The smallest absolute Gasteiger partial charge is 0.423 e. The van der Waals surface area contributed by atoms with E-state index in [0.29, 0.717) is 17.0 Å². The molecule has 0 saturated heterocycles. The molecule has 0 aliphatic carbocycles. The normalized spacial score (nSPS) is 11.9. The van der Waals surface area contributed by atoms with Crippen molar-refractivity contribution in [3.63, 3.8) is 0 Å². The summed E-state index contributed by atoms with van der Waals surface area (Å²) in [6, 6.07) is 8.52. The molecule has 0 spiro atoms. The van der Waals surface area contributed by atoms with Crippen LogP contribution in [0.1, 0.15) is 36.7 Å². The second-order valence-corrected chi connectivity index (χ2v) is 9.08. The van der Waals surface area contributed by atoms with E-state index in [9.17, 15) is 27.2 Å². The fourth-order valence-electron chi connectivity index (χ4n) is 2.69. The molecule has 0 N–H and O–H groups in total. The zero-order valence-electron chi connectivity index (χ0n) is 17.5. The third-order valence-corrected chi connectivity index (χ3v) is 4.83. The number of benzene rings is 2. The summed E-state index contributed by atoms with van der Waals surface area (Å²) in [4.78, 5) is 30.5. The summed E-state index contributed by atoms with van der Waals surface area (Å²) in [5, 5.41) is 0. The molecule has 0 bridgehead atoms. The van der Waals surface area contributed by atoms with Crippen molar-refractivity contribution in [3.05, 3.63) is 69.2 Å². The molecule has 0 aliphatic heterocycles. The minimum absolute atomic E-state index is 0.145. The Morgan fingerprint density at radius 1 is 1.06 bits per heavy atom. The van der Waals surface area contributed by atoms with Crippen LogP contribution >= 0.6 is 22.6 Å². The zero-order valence-corrected chi connectivity index (χ0v) is 19.7. The number of aromatic nitrogens is 1. The number of amides is 2. The predicted octanol–water partition coefficient (Wildman–Crippen LogP) is 6.69. The van der Waals surface area contributed by atoms with Crippen LogP contribution in [0.15, 0.2) is 53.1 Å². The molecule has 0 aliphatic rings. The number of oxazole rings is 1. The fourth-order valence-corrected chi connectivity index (χ4v) is 3.05. The Balaban J connectivity index is 2.03. The van der Waals surface area contributed by atoms with Gasteiger partial charge in [0.15, 0.2) is 5.82 Å². The van der Waals surface area contributed by atoms with E-state index in [0.717, 1.165) is 15.9 Å². The number of alkyl halides is 3. The van der Waals surface area contributed by atoms with Gasteiger partial charge in [0.2, 0.25) is 5.89 Å². The zero-order chi connectivity index (χ0) is 24.6. The highest BCUT2D eigenvalue weighted by Gasteiger charge is 2.35. The van der Waals surface area contributed by atoms with Crippen LogP contribution in [-0.4, -0.2) is 22.6 Å². The Bertz CT molecular complexity index is 1180. The maximum atomic E-state index is 13.6. The van der Waals surface area contributed by atoms with Gasteiger partial charge in [-0.2, -0.15) is 23.1 Å². The Labute approximate surface area is 199 Å². The molecule has 1 heterocycles. The number of carbonyl (C=O) groups excluding carboxylic acids is 2. The van der Waals surface area contributed by atoms with Gasteiger partial charge in [-0.15, -0.1) is 0 Å². The van der Waals surface area contributed by atoms with Crippen LogP contribution in [0.4, 0.5) is 28.2 Å². The lowest BCUT2D eigenvalue weighted by molar-refractivity contribution is -0.139. The average molecular weight is 576 g/mol. The standard InChI is InChI=1S/C22H17F4IN2O4/c1-21(2,3)33-20(31)29(19(30)12-4-7-14(27)8-5-12)17-11-32-18(28-17)13-6-9-16(23)15(10-13)22(24,25)26/h4-11H,1-3H3. The molecule has 2 amide bonds. The van der Waals surface area contributed by atoms with Crippen molar-refractivity contribution < 1.29 is 36.3 Å². The third-order valence-electron chi connectivity index (χ3n) is 4.11. The summed E-state index contributed by atoms with van der Waals surface area (Å²) in [5.74, 6) is -2.89. The molecule has 2 aromatic carbocycles. The van der Waals surface area contributed by atoms with Gasteiger partial charge in [-0.05, 0) is 85.8 Å². The number of hydrogen-bond acceptors (Lipinski definition) is 5. The molecule has 11 heteroatoms. The summed E-state index contributed by atoms with van der Waals surface area (Å²) in [7, 11) is 0. The molecule has 0 unspecified atom stereocenters. The monoisotopic (exact) mass is 576 g/mol. The molecule has 174 valence electrons. The van der Waals surface area contributed by atoms with Crippen LogP contribution in [0.2, 0.25) is 0 Å². The molecule has 3 aromatic rings. The first-order chi connectivity index (χ1) is 15.3. The number of nitrogens with zero attached hydrogens (tertiary/aromatic N) is 2. The SMILES string of the molecule is CC(C)(C)OC(=O)N(C(=O)c1ccc(I)cc1)c1coc(-c2ccc(F)c(C(F)(F)F)c2)n1. The number of carbonyl (C=O) groups is 2. The molecular formula is C22H17F4IN2O4. The Morgan fingerprint density at radius 3 is 2.27 bits per heavy atom.